The molecule has 0 aliphatic carbocycles. The Kier molecular flexibility index (Phi) is 119. The second kappa shape index (κ2) is 46.0. The molecule has 5 heteroatoms. The zero-order chi connectivity index (χ0) is 6.12. The highest BCUT2D eigenvalue weighted by atomic mass is 16.5. The number of ether oxygens (including phenoxy) is 1. The van der Waals surface area contributed by atoms with E-state index in [1.165, 1.54) is 0 Å². The zero-order valence-corrected chi connectivity index (χ0v) is 6.26. The van der Waals surface area contributed by atoms with Crippen LogP contribution >= 0.6 is 0 Å². The Balaban J connectivity index is -0.0000000286. The molecule has 62 valence electrons. The molecule has 0 bridgehead atoms. The van der Waals surface area contributed by atoms with E-state index in [0.29, 0.717) is 0 Å². The molecule has 0 radical (unpaired) electrons. The van der Waals surface area contributed by atoms with Crippen molar-refractivity contribution in [3.05, 3.63) is 0 Å². The van der Waals surface area contributed by atoms with Gasteiger partial charge in [-0.3, -0.25) is 0 Å². The van der Waals surface area contributed by atoms with E-state index in [4.69, 9.17) is 9.94 Å². The Bertz CT molecular complexity index is 21.3. The molecule has 0 heterocycles. The van der Waals surface area contributed by atoms with Crippen molar-refractivity contribution < 1.29 is 9.94 Å². The average molecular weight is 141 g/mol. The average Bonchev–Trinajstić information content (AvgIpc) is 1.75. The first-order valence-corrected chi connectivity index (χ1v) is 2.25. The van der Waals surface area contributed by atoms with Gasteiger partial charge in [-0.2, -0.15) is 0 Å². The van der Waals surface area contributed by atoms with Crippen LogP contribution in [0.4, 0.5) is 0 Å². The predicted octanol–water partition coefficient (Wildman–Crippen LogP) is 0.701. The van der Waals surface area contributed by atoms with Crippen molar-refractivity contribution in [1.29, 1.82) is 0 Å². The van der Waals surface area contributed by atoms with Gasteiger partial charge in [0.25, 0.3) is 0 Å². The lowest BCUT2D eigenvalue weighted by Crippen LogP contribution is -1.84. The summed E-state index contributed by atoms with van der Waals surface area (Å²) in [5, 5.41) is 6.50. The molecule has 0 saturated heterocycles. The third-order valence-electron chi connectivity index (χ3n) is 0.408. The fourth-order valence-corrected chi connectivity index (χ4v) is 0.204. The maximum absolute atomic E-state index is 6.50. The molecule has 0 atom stereocenters. The first-order valence-electron chi connectivity index (χ1n) is 2.25. The predicted molar refractivity (Wildman–Crippen MR) is 38.2 cm³/mol. The fraction of sp³-hybridized carbons (Fsp3) is 1.00. The molecule has 0 amide bonds. The van der Waals surface area contributed by atoms with Crippen LogP contribution in [0.2, 0.25) is 0 Å². The Labute approximate surface area is 56.3 Å². The van der Waals surface area contributed by atoms with E-state index in [1.807, 2.05) is 13.8 Å². The summed E-state index contributed by atoms with van der Waals surface area (Å²) in [5.41, 5.74) is 0. The minimum absolute atomic E-state index is 0. The molecule has 0 aliphatic rings. The van der Waals surface area contributed by atoms with Crippen LogP contribution in [0.1, 0.15) is 13.8 Å². The van der Waals surface area contributed by atoms with E-state index in [0.717, 1.165) is 13.2 Å². The Morgan fingerprint density at radius 3 is 1.33 bits per heavy atom. The molecular weight excluding hydrogens is 122 g/mol. The van der Waals surface area contributed by atoms with Crippen molar-refractivity contribution in [2.75, 3.05) is 13.2 Å². The van der Waals surface area contributed by atoms with Gasteiger partial charge in [-0.15, -0.1) is 0 Å². The van der Waals surface area contributed by atoms with Crippen LogP contribution in [0.5, 0.6) is 0 Å². The van der Waals surface area contributed by atoms with Crippen molar-refractivity contribution >= 4 is 0 Å². The normalized spacial score (nSPS) is 5.33. The molecular formula is C4H19N3O2. The Morgan fingerprint density at radius 2 is 1.33 bits per heavy atom. The fourth-order valence-electron chi connectivity index (χ4n) is 0.204. The third kappa shape index (κ3) is 81.0. The monoisotopic (exact) mass is 141 g/mol. The largest absolute Gasteiger partial charge is 0.382 e. The zero-order valence-electron chi connectivity index (χ0n) is 6.26. The molecule has 0 spiro atoms. The minimum Gasteiger partial charge on any atom is -0.382 e. The number of hydrogen-bond donors (Lipinski definition) is 4. The lowest BCUT2D eigenvalue weighted by atomic mass is 10.8. The van der Waals surface area contributed by atoms with Gasteiger partial charge in [0.15, 0.2) is 0 Å². The molecule has 0 saturated carbocycles. The van der Waals surface area contributed by atoms with E-state index >= 15 is 0 Å². The van der Waals surface area contributed by atoms with Gasteiger partial charge >= 0.3 is 0 Å². The highest BCUT2D eigenvalue weighted by Gasteiger charge is 1.64. The number of rotatable bonds is 2. The topological polar surface area (TPSA) is 125 Å². The molecule has 0 fully saturated rings. The minimum atomic E-state index is 0. The van der Waals surface area contributed by atoms with Crippen LogP contribution in [0.15, 0.2) is 0 Å². The van der Waals surface area contributed by atoms with Gasteiger partial charge in [0.2, 0.25) is 0 Å². The van der Waals surface area contributed by atoms with Crippen LogP contribution in [0.3, 0.4) is 0 Å². The van der Waals surface area contributed by atoms with Crippen molar-refractivity contribution in [1.82, 2.24) is 12.3 Å². The maximum Gasteiger partial charge on any atom is 0.0437 e. The lowest BCUT2D eigenvalue weighted by Gasteiger charge is -1.86. The van der Waals surface area contributed by atoms with Gasteiger partial charge in [0, 0.05) is 13.2 Å². The van der Waals surface area contributed by atoms with Crippen molar-refractivity contribution in [3.8, 4) is 0 Å². The van der Waals surface area contributed by atoms with Crippen LogP contribution < -0.4 is 18.2 Å². The number of nitrogens with two attached hydrogens (primary N) is 1. The third-order valence-corrected chi connectivity index (χ3v) is 0.408. The van der Waals surface area contributed by atoms with Crippen LogP contribution in [-0.4, -0.2) is 18.4 Å². The van der Waals surface area contributed by atoms with E-state index in [-0.39, 0.29) is 12.3 Å². The van der Waals surface area contributed by atoms with Crippen molar-refractivity contribution in [2.24, 2.45) is 5.90 Å². The first kappa shape index (κ1) is 23.2. The van der Waals surface area contributed by atoms with Gasteiger partial charge in [-0.1, -0.05) is 0 Å². The molecule has 0 aromatic carbocycles. The van der Waals surface area contributed by atoms with Gasteiger partial charge in [0.1, 0.15) is 0 Å². The second-order valence-corrected chi connectivity index (χ2v) is 0.781. The highest BCUT2D eigenvalue weighted by molar-refractivity contribution is 4.07. The summed E-state index contributed by atoms with van der Waals surface area (Å²) < 4.78 is 4.83. The van der Waals surface area contributed by atoms with E-state index in [1.54, 1.807) is 0 Å². The van der Waals surface area contributed by atoms with Gasteiger partial charge < -0.3 is 22.2 Å². The molecule has 9 N–H and O–H groups in total. The molecule has 0 aliphatic heterocycles. The van der Waals surface area contributed by atoms with Crippen molar-refractivity contribution in [2.45, 2.75) is 13.8 Å². The molecule has 0 aromatic heterocycles. The summed E-state index contributed by atoms with van der Waals surface area (Å²) in [6, 6.07) is 0. The summed E-state index contributed by atoms with van der Waals surface area (Å²) >= 11 is 0. The molecule has 0 rings (SSSR count). The van der Waals surface area contributed by atoms with Crippen LogP contribution in [0, 0.1) is 0 Å². The lowest BCUT2D eigenvalue weighted by molar-refractivity contribution is 0.162. The summed E-state index contributed by atoms with van der Waals surface area (Å²) in [7, 11) is 0. The quantitative estimate of drug-likeness (QED) is 0.421. The summed E-state index contributed by atoms with van der Waals surface area (Å²) in [6.45, 7) is 5.67. The van der Waals surface area contributed by atoms with Gasteiger partial charge in [-0.05, 0) is 13.8 Å². The summed E-state index contributed by atoms with van der Waals surface area (Å²) in [4.78, 5) is 0. The second-order valence-electron chi connectivity index (χ2n) is 0.781. The van der Waals surface area contributed by atoms with E-state index < -0.39 is 0 Å². The van der Waals surface area contributed by atoms with Crippen LogP contribution in [0.25, 0.3) is 0 Å². The molecule has 0 unspecified atom stereocenters. The smallest absolute Gasteiger partial charge is 0.0437 e. The summed E-state index contributed by atoms with van der Waals surface area (Å²) in [5.74, 6) is 3.50. The summed E-state index contributed by atoms with van der Waals surface area (Å²) in [6.07, 6.45) is 0. The van der Waals surface area contributed by atoms with Crippen molar-refractivity contribution in [3.63, 3.8) is 0 Å². The standard InChI is InChI=1S/C4H10O.H3NO.2H3N/c1-3-5-4-2;1-2;;/h3-4H2,1-2H3;2H,1H2;2*1H3. The Morgan fingerprint density at radius 1 is 1.11 bits per heavy atom. The van der Waals surface area contributed by atoms with Crippen LogP contribution in [-0.2, 0) is 4.74 Å². The van der Waals surface area contributed by atoms with E-state index in [9.17, 15) is 0 Å². The van der Waals surface area contributed by atoms with Gasteiger partial charge in [-0.25, -0.2) is 5.90 Å². The van der Waals surface area contributed by atoms with Gasteiger partial charge in [0.05, 0.1) is 0 Å². The Hall–Kier alpha value is -0.200. The molecule has 5 nitrogen and oxygen atoms in total. The highest BCUT2D eigenvalue weighted by Crippen LogP contribution is 1.64. The maximum atomic E-state index is 6.50. The SMILES string of the molecule is CCOCC.N.N.NO. The van der Waals surface area contributed by atoms with E-state index in [2.05, 4.69) is 5.90 Å². The molecule has 0 aromatic rings. The first-order chi connectivity index (χ1) is 3.41. The number of hydrogen-bond acceptors (Lipinski definition) is 5. The molecule has 9 heavy (non-hydrogen) atoms.